The van der Waals surface area contributed by atoms with Gasteiger partial charge >= 0.3 is 5.56 Å². The fraction of sp³-hybridized carbons (Fsp3) is 0.368. The van der Waals surface area contributed by atoms with Crippen molar-refractivity contribution in [1.82, 2.24) is 24.5 Å². The van der Waals surface area contributed by atoms with E-state index in [1.54, 1.807) is 16.8 Å². The van der Waals surface area contributed by atoms with Crippen LogP contribution >= 0.6 is 11.8 Å². The highest BCUT2D eigenvalue weighted by Crippen LogP contribution is 2.19. The van der Waals surface area contributed by atoms with Gasteiger partial charge < -0.3 is 5.32 Å². The minimum Gasteiger partial charge on any atom is -0.353 e. The molecule has 1 aromatic carbocycles. The number of amides is 1. The first kappa shape index (κ1) is 17.8. The number of carbonyl (C=O) groups is 1. The maximum atomic E-state index is 12.7. The van der Waals surface area contributed by atoms with Gasteiger partial charge in [-0.15, -0.1) is 10.2 Å². The third kappa shape index (κ3) is 3.90. The van der Waals surface area contributed by atoms with Crippen molar-refractivity contribution in [2.75, 3.05) is 5.75 Å². The van der Waals surface area contributed by atoms with E-state index in [1.807, 2.05) is 30.3 Å². The average Bonchev–Trinajstić information content (AvgIpc) is 3.12. The Bertz CT molecular complexity index is 992. The summed E-state index contributed by atoms with van der Waals surface area (Å²) in [6, 6.07) is 9.67. The summed E-state index contributed by atoms with van der Waals surface area (Å²) >= 11 is 1.29. The molecule has 1 N–H and O–H groups in total. The van der Waals surface area contributed by atoms with Gasteiger partial charge in [0.05, 0.1) is 5.75 Å². The maximum Gasteiger partial charge on any atom is 0.300 e. The van der Waals surface area contributed by atoms with Crippen LogP contribution in [0.2, 0.25) is 0 Å². The van der Waals surface area contributed by atoms with Crippen LogP contribution in [0.25, 0.3) is 11.3 Å². The van der Waals surface area contributed by atoms with Gasteiger partial charge in [-0.2, -0.15) is 0 Å². The first-order valence-electron chi connectivity index (χ1n) is 9.16. The third-order valence-corrected chi connectivity index (χ3v) is 5.72. The molecule has 1 aliphatic rings. The van der Waals surface area contributed by atoms with Crippen molar-refractivity contribution in [2.45, 2.75) is 43.3 Å². The number of carbonyl (C=O) groups excluding carboxylic acids is 1. The Morgan fingerprint density at radius 1 is 1.11 bits per heavy atom. The summed E-state index contributed by atoms with van der Waals surface area (Å²) in [4.78, 5) is 24.9. The lowest BCUT2D eigenvalue weighted by atomic mass is 9.95. The van der Waals surface area contributed by atoms with Gasteiger partial charge in [-0.25, -0.2) is 0 Å². The Kier molecular flexibility index (Phi) is 5.24. The number of fused-ring (bicyclic) bond motifs is 1. The van der Waals surface area contributed by atoms with Crippen molar-refractivity contribution in [3.8, 4) is 5.69 Å². The minimum atomic E-state index is -0.241. The largest absolute Gasteiger partial charge is 0.353 e. The predicted molar refractivity (Wildman–Crippen MR) is 104 cm³/mol. The predicted octanol–water partition coefficient (Wildman–Crippen LogP) is 2.42. The summed E-state index contributed by atoms with van der Waals surface area (Å²) in [6.45, 7) is 0. The zero-order valence-corrected chi connectivity index (χ0v) is 15.7. The lowest BCUT2D eigenvalue weighted by molar-refractivity contribution is -0.119. The average molecular weight is 383 g/mol. The number of hydrogen-bond donors (Lipinski definition) is 1. The van der Waals surface area contributed by atoms with E-state index in [2.05, 4.69) is 15.5 Å². The van der Waals surface area contributed by atoms with E-state index in [4.69, 9.17) is 0 Å². The number of nitrogens with one attached hydrogen (secondary N) is 1. The third-order valence-electron chi connectivity index (χ3n) is 4.78. The summed E-state index contributed by atoms with van der Waals surface area (Å²) in [7, 11) is 0. The molecule has 1 fully saturated rings. The van der Waals surface area contributed by atoms with Crippen LogP contribution in [0.1, 0.15) is 32.1 Å². The summed E-state index contributed by atoms with van der Waals surface area (Å²) in [5.74, 6) is 0.264. The van der Waals surface area contributed by atoms with Gasteiger partial charge in [0.2, 0.25) is 11.6 Å². The number of aromatic nitrogens is 4. The molecule has 1 aliphatic carbocycles. The Morgan fingerprint density at radius 2 is 1.89 bits per heavy atom. The first-order chi connectivity index (χ1) is 13.2. The van der Waals surface area contributed by atoms with E-state index >= 15 is 0 Å². The maximum absolute atomic E-state index is 12.7. The van der Waals surface area contributed by atoms with E-state index in [1.165, 1.54) is 35.6 Å². The quantitative estimate of drug-likeness (QED) is 0.685. The highest BCUT2D eigenvalue weighted by molar-refractivity contribution is 7.99. The van der Waals surface area contributed by atoms with Crippen LogP contribution in [-0.2, 0) is 4.79 Å². The van der Waals surface area contributed by atoms with Gasteiger partial charge in [0.15, 0.2) is 5.16 Å². The normalized spacial score (nSPS) is 15.1. The Labute approximate surface area is 160 Å². The molecule has 0 saturated heterocycles. The highest BCUT2D eigenvalue weighted by atomic mass is 32.2. The van der Waals surface area contributed by atoms with Crippen molar-refractivity contribution < 1.29 is 4.79 Å². The zero-order valence-electron chi connectivity index (χ0n) is 14.9. The topological polar surface area (TPSA) is 81.3 Å². The van der Waals surface area contributed by atoms with Crippen molar-refractivity contribution in [3.05, 3.63) is 53.1 Å². The molecule has 0 spiro atoms. The number of rotatable bonds is 5. The molecule has 0 bridgehead atoms. The van der Waals surface area contributed by atoms with Crippen molar-refractivity contribution >= 4 is 23.3 Å². The van der Waals surface area contributed by atoms with Crippen molar-refractivity contribution in [3.63, 3.8) is 0 Å². The van der Waals surface area contributed by atoms with Crippen molar-refractivity contribution in [1.29, 1.82) is 0 Å². The molecule has 3 aromatic rings. The van der Waals surface area contributed by atoms with Gasteiger partial charge in [-0.3, -0.25) is 18.6 Å². The Hall–Kier alpha value is -2.61. The smallest absolute Gasteiger partial charge is 0.300 e. The molecule has 140 valence electrons. The minimum absolute atomic E-state index is 0.00118. The summed E-state index contributed by atoms with van der Waals surface area (Å²) in [5.41, 5.74) is 0.778. The summed E-state index contributed by atoms with van der Waals surface area (Å²) < 4.78 is 3.18. The van der Waals surface area contributed by atoms with E-state index in [-0.39, 0.29) is 22.9 Å². The fourth-order valence-corrected chi connectivity index (χ4v) is 4.13. The first-order valence-corrected chi connectivity index (χ1v) is 10.1. The molecule has 27 heavy (non-hydrogen) atoms. The van der Waals surface area contributed by atoms with Crippen LogP contribution in [0, 0.1) is 0 Å². The van der Waals surface area contributed by atoms with Gasteiger partial charge in [-0.1, -0.05) is 49.2 Å². The number of para-hydroxylation sites is 1. The second-order valence-electron chi connectivity index (χ2n) is 6.68. The second-order valence-corrected chi connectivity index (χ2v) is 7.62. The van der Waals surface area contributed by atoms with E-state index < -0.39 is 0 Å². The number of benzene rings is 1. The molecule has 0 radical (unpaired) electrons. The second kappa shape index (κ2) is 7.96. The lowest BCUT2D eigenvalue weighted by Crippen LogP contribution is -2.37. The van der Waals surface area contributed by atoms with Gasteiger partial charge in [0, 0.05) is 24.1 Å². The fourth-order valence-electron chi connectivity index (χ4n) is 3.40. The molecule has 0 atom stereocenters. The molecular formula is C19H21N5O2S. The molecular weight excluding hydrogens is 362 g/mol. The monoisotopic (exact) mass is 383 g/mol. The number of thioether (sulfide) groups is 1. The molecule has 2 heterocycles. The molecule has 0 aliphatic heterocycles. The highest BCUT2D eigenvalue weighted by Gasteiger charge is 2.17. The SMILES string of the molecule is O=C(CSc1nnc2c(=O)n(-c3ccccc3)ccn12)NC1CCCCC1. The molecule has 2 aromatic heterocycles. The molecule has 8 heteroatoms. The van der Waals surface area contributed by atoms with Crippen molar-refractivity contribution in [2.24, 2.45) is 0 Å². The van der Waals surface area contributed by atoms with E-state index in [0.717, 1.165) is 18.5 Å². The van der Waals surface area contributed by atoms with E-state index in [9.17, 15) is 9.59 Å². The van der Waals surface area contributed by atoms with Crippen LogP contribution in [-0.4, -0.2) is 36.9 Å². The number of nitrogens with zero attached hydrogens (tertiary/aromatic N) is 4. The van der Waals surface area contributed by atoms with Crippen LogP contribution in [0.3, 0.4) is 0 Å². The molecule has 4 rings (SSSR count). The van der Waals surface area contributed by atoms with Crippen LogP contribution in [0.5, 0.6) is 0 Å². The number of hydrogen-bond acceptors (Lipinski definition) is 5. The van der Waals surface area contributed by atoms with Crippen LogP contribution < -0.4 is 10.9 Å². The molecule has 1 saturated carbocycles. The summed E-state index contributed by atoms with van der Waals surface area (Å²) in [6.07, 6.45) is 9.19. The molecule has 1 amide bonds. The Balaban J connectivity index is 1.48. The van der Waals surface area contributed by atoms with Crippen LogP contribution in [0.4, 0.5) is 0 Å². The molecule has 7 nitrogen and oxygen atoms in total. The van der Waals surface area contributed by atoms with Gasteiger partial charge in [0.1, 0.15) is 0 Å². The van der Waals surface area contributed by atoms with Gasteiger partial charge in [0.25, 0.3) is 0 Å². The van der Waals surface area contributed by atoms with Gasteiger partial charge in [-0.05, 0) is 25.0 Å². The molecule has 0 unspecified atom stereocenters. The summed E-state index contributed by atoms with van der Waals surface area (Å²) in [5, 5.41) is 11.7. The standard InChI is InChI=1S/C19H21N5O2S/c25-16(20-14-7-3-1-4-8-14)13-27-19-22-21-17-18(26)23(11-12-24(17)19)15-9-5-2-6-10-15/h2,5-6,9-12,14H,1,3-4,7-8,13H2,(H,20,25). The Morgan fingerprint density at radius 3 is 2.67 bits per heavy atom. The zero-order chi connectivity index (χ0) is 18.6. The van der Waals surface area contributed by atoms with Crippen LogP contribution in [0.15, 0.2) is 52.7 Å². The lowest BCUT2D eigenvalue weighted by Gasteiger charge is -2.22. The van der Waals surface area contributed by atoms with E-state index in [0.29, 0.717) is 11.2 Å².